The highest BCUT2D eigenvalue weighted by molar-refractivity contribution is 7.99. The molecule has 5 heteroatoms. The number of hydrogen-bond acceptors (Lipinski definition) is 3. The predicted molar refractivity (Wildman–Crippen MR) is 70.4 cm³/mol. The van der Waals surface area contributed by atoms with Gasteiger partial charge in [-0.1, -0.05) is 35.0 Å². The second-order valence-corrected chi connectivity index (χ2v) is 5.29. The first-order chi connectivity index (χ1) is 8.06. The fourth-order valence-corrected chi connectivity index (χ4v) is 2.63. The van der Waals surface area contributed by atoms with Gasteiger partial charge in [0.15, 0.2) is 0 Å². The van der Waals surface area contributed by atoms with Crippen LogP contribution < -0.4 is 0 Å². The van der Waals surface area contributed by atoms with Gasteiger partial charge in [-0.05, 0) is 36.4 Å². The van der Waals surface area contributed by atoms with E-state index in [2.05, 4.69) is 0 Å². The highest BCUT2D eigenvalue weighted by Gasteiger charge is 2.04. The van der Waals surface area contributed by atoms with Gasteiger partial charge in [0.05, 0.1) is 10.0 Å². The van der Waals surface area contributed by atoms with Gasteiger partial charge in [0.2, 0.25) is 0 Å². The standard InChI is InChI=1S/C12H8Cl2O2S/c13-9-5-7(1-3-11(9)15)17-8-2-4-12(16)10(14)6-8/h1-6,15-16H. The van der Waals surface area contributed by atoms with Gasteiger partial charge in [0.1, 0.15) is 11.5 Å². The summed E-state index contributed by atoms with van der Waals surface area (Å²) in [4.78, 5) is 1.77. The molecule has 0 unspecified atom stereocenters. The summed E-state index contributed by atoms with van der Waals surface area (Å²) in [6.07, 6.45) is 0. The fourth-order valence-electron chi connectivity index (χ4n) is 1.24. The van der Waals surface area contributed by atoms with E-state index >= 15 is 0 Å². The van der Waals surface area contributed by atoms with Gasteiger partial charge in [-0.25, -0.2) is 0 Å². The molecule has 0 aliphatic carbocycles. The van der Waals surface area contributed by atoms with E-state index in [4.69, 9.17) is 23.2 Å². The van der Waals surface area contributed by atoms with Crippen LogP contribution in [0.3, 0.4) is 0 Å². The van der Waals surface area contributed by atoms with Gasteiger partial charge in [-0.2, -0.15) is 0 Å². The summed E-state index contributed by atoms with van der Waals surface area (Å²) >= 11 is 13.1. The van der Waals surface area contributed by atoms with Crippen LogP contribution in [0.4, 0.5) is 0 Å². The first kappa shape index (κ1) is 12.4. The van der Waals surface area contributed by atoms with Crippen LogP contribution in [0, 0.1) is 0 Å². The fraction of sp³-hybridized carbons (Fsp3) is 0. The zero-order valence-electron chi connectivity index (χ0n) is 8.52. The minimum atomic E-state index is 0.0553. The molecule has 0 saturated carbocycles. The van der Waals surface area contributed by atoms with Gasteiger partial charge < -0.3 is 10.2 Å². The number of rotatable bonds is 2. The van der Waals surface area contributed by atoms with Gasteiger partial charge in [0.25, 0.3) is 0 Å². The third-order valence-corrected chi connectivity index (χ3v) is 3.66. The van der Waals surface area contributed by atoms with Gasteiger partial charge in [-0.15, -0.1) is 0 Å². The second-order valence-electron chi connectivity index (χ2n) is 3.33. The molecule has 0 spiro atoms. The molecule has 17 heavy (non-hydrogen) atoms. The van der Waals surface area contributed by atoms with Crippen molar-refractivity contribution in [3.05, 3.63) is 46.4 Å². The number of phenolic OH excluding ortho intramolecular Hbond substituents is 2. The van der Waals surface area contributed by atoms with Crippen molar-refractivity contribution in [2.45, 2.75) is 9.79 Å². The van der Waals surface area contributed by atoms with Crippen molar-refractivity contribution < 1.29 is 10.2 Å². The van der Waals surface area contributed by atoms with Crippen molar-refractivity contribution in [1.82, 2.24) is 0 Å². The van der Waals surface area contributed by atoms with E-state index in [1.165, 1.54) is 23.9 Å². The Labute approximate surface area is 113 Å². The summed E-state index contributed by atoms with van der Waals surface area (Å²) in [7, 11) is 0. The Hall–Kier alpha value is -1.03. The monoisotopic (exact) mass is 286 g/mol. The first-order valence-corrected chi connectivity index (χ1v) is 6.28. The van der Waals surface area contributed by atoms with E-state index in [1.54, 1.807) is 24.3 Å². The molecular formula is C12H8Cl2O2S. The van der Waals surface area contributed by atoms with Crippen LogP contribution in [0.25, 0.3) is 0 Å². The molecule has 0 saturated heterocycles. The summed E-state index contributed by atoms with van der Waals surface area (Å²) in [6.45, 7) is 0. The molecule has 0 atom stereocenters. The SMILES string of the molecule is Oc1ccc(Sc2ccc(O)c(Cl)c2)cc1Cl. The third kappa shape index (κ3) is 3.00. The molecule has 88 valence electrons. The van der Waals surface area contributed by atoms with Crippen LogP contribution in [0.15, 0.2) is 46.2 Å². The maximum absolute atomic E-state index is 9.29. The molecule has 2 N–H and O–H groups in total. The molecule has 0 aliphatic rings. The van der Waals surface area contributed by atoms with E-state index < -0.39 is 0 Å². The molecule has 2 rings (SSSR count). The molecule has 2 aromatic carbocycles. The smallest absolute Gasteiger partial charge is 0.134 e. The van der Waals surface area contributed by atoms with Crippen molar-refractivity contribution in [3.63, 3.8) is 0 Å². The molecule has 0 aliphatic heterocycles. The Balaban J connectivity index is 2.25. The molecule has 0 aromatic heterocycles. The zero-order valence-corrected chi connectivity index (χ0v) is 10.9. The van der Waals surface area contributed by atoms with E-state index in [0.717, 1.165) is 9.79 Å². The highest BCUT2D eigenvalue weighted by Crippen LogP contribution is 2.35. The Kier molecular flexibility index (Phi) is 3.72. The van der Waals surface area contributed by atoms with E-state index in [-0.39, 0.29) is 11.5 Å². The van der Waals surface area contributed by atoms with Crippen molar-refractivity contribution in [1.29, 1.82) is 0 Å². The topological polar surface area (TPSA) is 40.5 Å². The summed E-state index contributed by atoms with van der Waals surface area (Å²) < 4.78 is 0. The van der Waals surface area contributed by atoms with Crippen LogP contribution in [0.5, 0.6) is 11.5 Å². The van der Waals surface area contributed by atoms with E-state index in [1.807, 2.05) is 0 Å². The molecule has 0 fully saturated rings. The van der Waals surface area contributed by atoms with Gasteiger partial charge in [0, 0.05) is 9.79 Å². The quantitative estimate of drug-likeness (QED) is 0.851. The summed E-state index contributed by atoms with van der Waals surface area (Å²) in [6, 6.07) is 9.92. The van der Waals surface area contributed by atoms with Gasteiger partial charge >= 0.3 is 0 Å². The van der Waals surface area contributed by atoms with Crippen molar-refractivity contribution >= 4 is 35.0 Å². The molecule has 2 aromatic rings. The van der Waals surface area contributed by atoms with Crippen LogP contribution >= 0.6 is 35.0 Å². The van der Waals surface area contributed by atoms with Crippen molar-refractivity contribution in [2.75, 3.05) is 0 Å². The Morgan fingerprint density at radius 3 is 1.53 bits per heavy atom. The summed E-state index contributed by atoms with van der Waals surface area (Å²) in [5.41, 5.74) is 0. The molecular weight excluding hydrogens is 279 g/mol. The molecule has 0 bridgehead atoms. The summed E-state index contributed by atoms with van der Waals surface area (Å²) in [5.74, 6) is 0.111. The number of hydrogen-bond donors (Lipinski definition) is 2. The Morgan fingerprint density at radius 2 is 1.18 bits per heavy atom. The highest BCUT2D eigenvalue weighted by atomic mass is 35.5. The zero-order chi connectivity index (χ0) is 12.4. The second kappa shape index (κ2) is 5.08. The lowest BCUT2D eigenvalue weighted by Gasteiger charge is -2.04. The number of phenols is 2. The molecule has 0 amide bonds. The normalized spacial score (nSPS) is 10.5. The minimum absolute atomic E-state index is 0.0553. The van der Waals surface area contributed by atoms with Crippen LogP contribution in [0.2, 0.25) is 10.0 Å². The number of halogens is 2. The number of benzene rings is 2. The maximum atomic E-state index is 9.29. The van der Waals surface area contributed by atoms with Crippen LogP contribution in [0.1, 0.15) is 0 Å². The summed E-state index contributed by atoms with van der Waals surface area (Å²) in [5, 5.41) is 19.2. The lowest BCUT2D eigenvalue weighted by Crippen LogP contribution is -1.76. The lowest BCUT2D eigenvalue weighted by molar-refractivity contribution is 0.474. The third-order valence-electron chi connectivity index (χ3n) is 2.07. The minimum Gasteiger partial charge on any atom is -0.506 e. The average Bonchev–Trinajstić information content (AvgIpc) is 2.29. The average molecular weight is 287 g/mol. The Bertz CT molecular complexity index is 509. The van der Waals surface area contributed by atoms with E-state index in [0.29, 0.717) is 10.0 Å². The van der Waals surface area contributed by atoms with Crippen molar-refractivity contribution in [3.8, 4) is 11.5 Å². The molecule has 0 heterocycles. The Morgan fingerprint density at radius 1 is 0.765 bits per heavy atom. The van der Waals surface area contributed by atoms with Gasteiger partial charge in [-0.3, -0.25) is 0 Å². The van der Waals surface area contributed by atoms with Crippen LogP contribution in [-0.4, -0.2) is 10.2 Å². The largest absolute Gasteiger partial charge is 0.506 e. The number of aromatic hydroxyl groups is 2. The van der Waals surface area contributed by atoms with E-state index in [9.17, 15) is 10.2 Å². The molecule has 2 nitrogen and oxygen atoms in total. The van der Waals surface area contributed by atoms with Crippen LogP contribution in [-0.2, 0) is 0 Å². The first-order valence-electron chi connectivity index (χ1n) is 4.71. The molecule has 0 radical (unpaired) electrons. The maximum Gasteiger partial charge on any atom is 0.134 e. The lowest BCUT2D eigenvalue weighted by atomic mass is 10.3. The van der Waals surface area contributed by atoms with Crippen molar-refractivity contribution in [2.24, 2.45) is 0 Å². The predicted octanol–water partition coefficient (Wildman–Crippen LogP) is 4.56.